The molecule has 0 aliphatic heterocycles. The predicted octanol–water partition coefficient (Wildman–Crippen LogP) is 5.45. The second-order valence-electron chi connectivity index (χ2n) is 6.91. The van der Waals surface area contributed by atoms with Gasteiger partial charge in [-0.2, -0.15) is 13.2 Å². The van der Waals surface area contributed by atoms with E-state index in [9.17, 15) is 18.0 Å². The van der Waals surface area contributed by atoms with Crippen molar-refractivity contribution in [1.29, 1.82) is 0 Å². The van der Waals surface area contributed by atoms with E-state index in [2.05, 4.69) is 5.32 Å². The van der Waals surface area contributed by atoms with Crippen LogP contribution < -0.4 is 5.32 Å². The van der Waals surface area contributed by atoms with Gasteiger partial charge in [0.15, 0.2) is 0 Å². The fourth-order valence-electron chi connectivity index (χ4n) is 4.31. The van der Waals surface area contributed by atoms with Crippen molar-refractivity contribution < 1.29 is 18.0 Å². The molecular formula is C18H21ClF3NO. The summed E-state index contributed by atoms with van der Waals surface area (Å²) in [5.74, 6) is 0.358. The maximum atomic E-state index is 13.2. The Bertz CT molecular complexity index is 611. The number of halogens is 4. The Morgan fingerprint density at radius 3 is 2.46 bits per heavy atom. The lowest BCUT2D eigenvalue weighted by molar-refractivity contribution is -0.137. The number of amides is 1. The van der Waals surface area contributed by atoms with Crippen LogP contribution in [0.5, 0.6) is 0 Å². The monoisotopic (exact) mass is 359 g/mol. The summed E-state index contributed by atoms with van der Waals surface area (Å²) in [5, 5.41) is 2.85. The van der Waals surface area contributed by atoms with Gasteiger partial charge in [-0.05, 0) is 42.9 Å². The van der Waals surface area contributed by atoms with Crippen LogP contribution in [0.25, 0.3) is 0 Å². The first-order chi connectivity index (χ1) is 11.4. The number of benzene rings is 1. The average molecular weight is 360 g/mol. The van der Waals surface area contributed by atoms with Crippen LogP contribution in [0.3, 0.4) is 0 Å². The Balaban J connectivity index is 1.77. The minimum absolute atomic E-state index is 0.0163. The molecular weight excluding hydrogens is 339 g/mol. The van der Waals surface area contributed by atoms with E-state index in [1.807, 2.05) is 0 Å². The van der Waals surface area contributed by atoms with Gasteiger partial charge in [0.1, 0.15) is 0 Å². The highest BCUT2D eigenvalue weighted by Crippen LogP contribution is 2.41. The van der Waals surface area contributed by atoms with Gasteiger partial charge in [-0.25, -0.2) is 0 Å². The molecule has 0 unspecified atom stereocenters. The van der Waals surface area contributed by atoms with E-state index in [1.165, 1.54) is 37.8 Å². The van der Waals surface area contributed by atoms with E-state index in [4.69, 9.17) is 11.6 Å². The zero-order valence-electron chi connectivity index (χ0n) is 13.3. The molecule has 0 aromatic heterocycles. The van der Waals surface area contributed by atoms with E-state index >= 15 is 0 Å². The van der Waals surface area contributed by atoms with Crippen molar-refractivity contribution in [2.45, 2.75) is 57.2 Å². The number of carbonyl (C=O) groups is 1. The topological polar surface area (TPSA) is 29.1 Å². The molecule has 24 heavy (non-hydrogen) atoms. The van der Waals surface area contributed by atoms with Crippen molar-refractivity contribution in [3.05, 3.63) is 34.3 Å². The number of nitrogens with one attached hydrogen (secondary N) is 1. The van der Waals surface area contributed by atoms with Gasteiger partial charge >= 0.3 is 6.18 Å². The summed E-state index contributed by atoms with van der Waals surface area (Å²) in [7, 11) is 0. The Hall–Kier alpha value is -1.23. The molecule has 1 aromatic rings. The summed E-state index contributed by atoms with van der Waals surface area (Å²) in [6, 6.07) is 3.30. The smallest absolute Gasteiger partial charge is 0.349 e. The normalized spacial score (nSPS) is 25.2. The molecule has 2 saturated carbocycles. The zero-order valence-corrected chi connectivity index (χ0v) is 14.1. The highest BCUT2D eigenvalue weighted by atomic mass is 35.5. The van der Waals surface area contributed by atoms with E-state index in [0.717, 1.165) is 25.3 Å². The van der Waals surface area contributed by atoms with Crippen LogP contribution in [0.1, 0.15) is 60.9 Å². The highest BCUT2D eigenvalue weighted by Gasteiger charge is 2.38. The quantitative estimate of drug-likeness (QED) is 0.764. The summed E-state index contributed by atoms with van der Waals surface area (Å²) >= 11 is 5.68. The summed E-state index contributed by atoms with van der Waals surface area (Å²) in [5.41, 5.74) is -1.31. The van der Waals surface area contributed by atoms with Crippen molar-refractivity contribution >= 4 is 17.5 Å². The molecule has 0 bridgehead atoms. The largest absolute Gasteiger partial charge is 0.417 e. The van der Waals surface area contributed by atoms with E-state index in [0.29, 0.717) is 11.8 Å². The van der Waals surface area contributed by atoms with Crippen molar-refractivity contribution in [3.8, 4) is 0 Å². The van der Waals surface area contributed by atoms with Crippen LogP contribution in [-0.2, 0) is 6.18 Å². The Morgan fingerprint density at radius 2 is 1.79 bits per heavy atom. The van der Waals surface area contributed by atoms with E-state index < -0.39 is 17.6 Å². The third-order valence-electron chi connectivity index (χ3n) is 5.42. The molecule has 6 heteroatoms. The molecule has 0 heterocycles. The maximum absolute atomic E-state index is 13.2. The Kier molecular flexibility index (Phi) is 5.09. The highest BCUT2D eigenvalue weighted by molar-refractivity contribution is 6.30. The number of rotatable bonds is 3. The lowest BCUT2D eigenvalue weighted by Gasteiger charge is -2.26. The third kappa shape index (κ3) is 3.71. The number of alkyl halides is 3. The summed E-state index contributed by atoms with van der Waals surface area (Å²) in [6.07, 6.45) is 3.12. The Labute approximate surface area is 144 Å². The molecule has 0 spiro atoms. The van der Waals surface area contributed by atoms with E-state index in [1.54, 1.807) is 0 Å². The van der Waals surface area contributed by atoms with Gasteiger partial charge in [-0.3, -0.25) is 4.79 Å². The summed E-state index contributed by atoms with van der Waals surface area (Å²) in [6.45, 7) is 0. The van der Waals surface area contributed by atoms with Gasteiger partial charge in [-0.1, -0.05) is 43.7 Å². The standard InChI is InChI=1S/C18H21ClF3NO/c19-12-8-9-14(15(10-12)18(20,21)22)17(24)23-16-7-3-6-13(16)11-4-1-2-5-11/h8-11,13,16H,1-7H2,(H,23,24)/t13-,16-/m0/s1. The zero-order chi connectivity index (χ0) is 17.3. The number of carbonyl (C=O) groups excluding carboxylic acids is 1. The molecule has 2 fully saturated rings. The molecule has 2 atom stereocenters. The fourth-order valence-corrected chi connectivity index (χ4v) is 4.48. The van der Waals surface area contributed by atoms with Crippen LogP contribution in [0, 0.1) is 11.8 Å². The summed E-state index contributed by atoms with van der Waals surface area (Å²) < 4.78 is 39.6. The molecule has 2 aliphatic carbocycles. The molecule has 3 rings (SSSR count). The average Bonchev–Trinajstić information content (AvgIpc) is 3.16. The fraction of sp³-hybridized carbons (Fsp3) is 0.611. The Morgan fingerprint density at radius 1 is 1.08 bits per heavy atom. The molecule has 0 saturated heterocycles. The van der Waals surface area contributed by atoms with Crippen LogP contribution in [0.4, 0.5) is 13.2 Å². The molecule has 2 nitrogen and oxygen atoms in total. The minimum Gasteiger partial charge on any atom is -0.349 e. The summed E-state index contributed by atoms with van der Waals surface area (Å²) in [4.78, 5) is 12.5. The SMILES string of the molecule is O=C(N[C@H]1CCC[C@H]1C1CCCC1)c1ccc(Cl)cc1C(F)(F)F. The van der Waals surface area contributed by atoms with Crippen molar-refractivity contribution in [3.63, 3.8) is 0 Å². The van der Waals surface area contributed by atoms with Crippen molar-refractivity contribution in [2.75, 3.05) is 0 Å². The lowest BCUT2D eigenvalue weighted by atomic mass is 9.86. The number of hydrogen-bond donors (Lipinski definition) is 1. The number of hydrogen-bond acceptors (Lipinski definition) is 1. The van der Waals surface area contributed by atoms with Gasteiger partial charge in [-0.15, -0.1) is 0 Å². The first kappa shape index (κ1) is 17.6. The first-order valence-corrected chi connectivity index (χ1v) is 8.91. The molecule has 0 radical (unpaired) electrons. The van der Waals surface area contributed by atoms with Crippen LogP contribution in [0.15, 0.2) is 18.2 Å². The van der Waals surface area contributed by atoms with Crippen LogP contribution >= 0.6 is 11.6 Å². The van der Waals surface area contributed by atoms with Crippen molar-refractivity contribution in [1.82, 2.24) is 5.32 Å². The molecule has 1 amide bonds. The van der Waals surface area contributed by atoms with Gasteiger partial charge in [0.25, 0.3) is 5.91 Å². The van der Waals surface area contributed by atoms with Crippen molar-refractivity contribution in [2.24, 2.45) is 11.8 Å². The second-order valence-corrected chi connectivity index (χ2v) is 7.34. The third-order valence-corrected chi connectivity index (χ3v) is 5.66. The van der Waals surface area contributed by atoms with Gasteiger partial charge in [0.2, 0.25) is 0 Å². The van der Waals surface area contributed by atoms with Gasteiger partial charge < -0.3 is 5.32 Å². The lowest BCUT2D eigenvalue weighted by Crippen LogP contribution is -2.40. The van der Waals surface area contributed by atoms with Gasteiger partial charge in [0, 0.05) is 11.1 Å². The maximum Gasteiger partial charge on any atom is 0.417 e. The minimum atomic E-state index is -4.60. The molecule has 132 valence electrons. The molecule has 2 aliphatic rings. The van der Waals surface area contributed by atoms with Crippen LogP contribution in [-0.4, -0.2) is 11.9 Å². The van der Waals surface area contributed by atoms with Crippen LogP contribution in [0.2, 0.25) is 5.02 Å². The van der Waals surface area contributed by atoms with E-state index in [-0.39, 0.29) is 16.6 Å². The first-order valence-electron chi connectivity index (χ1n) is 8.54. The predicted molar refractivity (Wildman–Crippen MR) is 87.0 cm³/mol. The molecule has 1 aromatic carbocycles. The second kappa shape index (κ2) is 6.95. The molecule has 1 N–H and O–H groups in total. The van der Waals surface area contributed by atoms with Gasteiger partial charge in [0.05, 0.1) is 11.1 Å².